The average molecular weight is 259 g/mol. The van der Waals surface area contributed by atoms with Crippen LogP contribution in [0.2, 0.25) is 0 Å². The summed E-state index contributed by atoms with van der Waals surface area (Å²) in [6.07, 6.45) is 7.27. The van der Waals surface area contributed by atoms with E-state index in [-0.39, 0.29) is 0 Å². The van der Waals surface area contributed by atoms with Gasteiger partial charge in [-0.05, 0) is 49.5 Å². The fraction of sp³-hybridized carbons (Fsp3) is 1.00. The summed E-state index contributed by atoms with van der Waals surface area (Å²) in [7, 11) is -0.652. The van der Waals surface area contributed by atoms with Crippen LogP contribution in [0.1, 0.15) is 46.5 Å². The van der Waals surface area contributed by atoms with Crippen LogP contribution in [0.4, 0.5) is 0 Å². The summed E-state index contributed by atoms with van der Waals surface area (Å²) in [5, 5.41) is 3.45. The first-order chi connectivity index (χ1) is 7.89. The predicted octanol–water partition coefficient (Wildman–Crippen LogP) is 2.81. The van der Waals surface area contributed by atoms with Crippen molar-refractivity contribution >= 4 is 10.8 Å². The van der Waals surface area contributed by atoms with Crippen LogP contribution in [0.3, 0.4) is 0 Å². The second-order valence-electron chi connectivity index (χ2n) is 6.57. The molecule has 1 atom stereocenters. The first-order valence-corrected chi connectivity index (χ1v) is 8.63. The SMILES string of the molecule is CS(=O)CCNCC1CCC(C(C)(C)C)CC1. The maximum Gasteiger partial charge on any atom is 0.0357 e. The van der Waals surface area contributed by atoms with Crippen molar-refractivity contribution < 1.29 is 4.21 Å². The molecule has 1 N–H and O–H groups in total. The summed E-state index contributed by atoms with van der Waals surface area (Å²) in [4.78, 5) is 0. The smallest absolute Gasteiger partial charge is 0.0357 e. The molecule has 3 heteroatoms. The third-order valence-electron chi connectivity index (χ3n) is 4.07. The van der Waals surface area contributed by atoms with Gasteiger partial charge in [0.2, 0.25) is 0 Å². The monoisotopic (exact) mass is 259 g/mol. The zero-order valence-electron chi connectivity index (χ0n) is 11.9. The summed E-state index contributed by atoms with van der Waals surface area (Å²) in [6, 6.07) is 0. The van der Waals surface area contributed by atoms with Gasteiger partial charge in [0.1, 0.15) is 0 Å². The van der Waals surface area contributed by atoms with Gasteiger partial charge in [0, 0.05) is 29.4 Å². The summed E-state index contributed by atoms with van der Waals surface area (Å²) < 4.78 is 10.9. The zero-order chi connectivity index (χ0) is 12.9. The topological polar surface area (TPSA) is 29.1 Å². The highest BCUT2D eigenvalue weighted by molar-refractivity contribution is 7.84. The third-order valence-corrected chi connectivity index (χ3v) is 4.85. The predicted molar refractivity (Wildman–Crippen MR) is 76.7 cm³/mol. The molecule has 1 rings (SSSR count). The van der Waals surface area contributed by atoms with Gasteiger partial charge in [-0.2, -0.15) is 0 Å². The highest BCUT2D eigenvalue weighted by Gasteiger charge is 2.29. The molecule has 0 aromatic heterocycles. The Morgan fingerprint density at radius 3 is 2.24 bits per heavy atom. The van der Waals surface area contributed by atoms with E-state index in [1.165, 1.54) is 25.7 Å². The highest BCUT2D eigenvalue weighted by atomic mass is 32.2. The van der Waals surface area contributed by atoms with Gasteiger partial charge in [-0.1, -0.05) is 20.8 Å². The molecule has 0 saturated heterocycles. The Balaban J connectivity index is 2.13. The minimum absolute atomic E-state index is 0.484. The van der Waals surface area contributed by atoms with Gasteiger partial charge in [-0.15, -0.1) is 0 Å². The molecule has 1 unspecified atom stereocenters. The lowest BCUT2D eigenvalue weighted by Crippen LogP contribution is -2.32. The highest BCUT2D eigenvalue weighted by Crippen LogP contribution is 2.39. The van der Waals surface area contributed by atoms with E-state index in [4.69, 9.17) is 0 Å². The van der Waals surface area contributed by atoms with Crippen molar-refractivity contribution in [2.75, 3.05) is 25.1 Å². The fourth-order valence-electron chi connectivity index (χ4n) is 2.75. The summed E-state index contributed by atoms with van der Waals surface area (Å²) in [5.41, 5.74) is 0.484. The molecule has 0 heterocycles. The Hall–Kier alpha value is 0.110. The fourth-order valence-corrected chi connectivity index (χ4v) is 3.19. The maximum absolute atomic E-state index is 10.9. The van der Waals surface area contributed by atoms with Gasteiger partial charge < -0.3 is 5.32 Å². The van der Waals surface area contributed by atoms with Crippen molar-refractivity contribution in [2.24, 2.45) is 17.3 Å². The molecule has 0 aromatic rings. The van der Waals surface area contributed by atoms with E-state index in [2.05, 4.69) is 26.1 Å². The van der Waals surface area contributed by atoms with Crippen molar-refractivity contribution in [1.82, 2.24) is 5.32 Å². The van der Waals surface area contributed by atoms with E-state index in [0.29, 0.717) is 5.41 Å². The van der Waals surface area contributed by atoms with Crippen LogP contribution in [0.5, 0.6) is 0 Å². The first-order valence-electron chi connectivity index (χ1n) is 6.90. The number of hydrogen-bond donors (Lipinski definition) is 1. The second kappa shape index (κ2) is 6.89. The molecule has 17 heavy (non-hydrogen) atoms. The van der Waals surface area contributed by atoms with Crippen molar-refractivity contribution in [3.05, 3.63) is 0 Å². The van der Waals surface area contributed by atoms with E-state index >= 15 is 0 Å². The molecule has 1 aliphatic rings. The Bertz CT molecular complexity index is 239. The van der Waals surface area contributed by atoms with Crippen LogP contribution in [0.15, 0.2) is 0 Å². The van der Waals surface area contributed by atoms with E-state index in [1.54, 1.807) is 6.26 Å². The quantitative estimate of drug-likeness (QED) is 0.769. The van der Waals surface area contributed by atoms with Gasteiger partial charge in [0.05, 0.1) is 0 Å². The van der Waals surface area contributed by atoms with Gasteiger partial charge in [-0.25, -0.2) is 0 Å². The van der Waals surface area contributed by atoms with Gasteiger partial charge in [-0.3, -0.25) is 4.21 Å². The Morgan fingerprint density at radius 1 is 1.18 bits per heavy atom. The second-order valence-corrected chi connectivity index (χ2v) is 8.12. The largest absolute Gasteiger partial charge is 0.316 e. The van der Waals surface area contributed by atoms with Crippen LogP contribution < -0.4 is 5.32 Å². The van der Waals surface area contributed by atoms with E-state index in [0.717, 1.165) is 30.7 Å². The van der Waals surface area contributed by atoms with Crippen molar-refractivity contribution in [2.45, 2.75) is 46.5 Å². The molecule has 0 aliphatic heterocycles. The number of nitrogens with one attached hydrogen (secondary N) is 1. The standard InChI is InChI=1S/C14H29NOS/c1-14(2,3)13-7-5-12(6-8-13)11-15-9-10-17(4)16/h12-13,15H,5-11H2,1-4H3. The van der Waals surface area contributed by atoms with Crippen LogP contribution in [-0.2, 0) is 10.8 Å². The van der Waals surface area contributed by atoms with Gasteiger partial charge in [0.15, 0.2) is 0 Å². The Labute approximate surface area is 109 Å². The number of hydrogen-bond acceptors (Lipinski definition) is 2. The molecule has 0 amide bonds. The average Bonchev–Trinajstić information content (AvgIpc) is 2.23. The van der Waals surface area contributed by atoms with Crippen LogP contribution in [0.25, 0.3) is 0 Å². The lowest BCUT2D eigenvalue weighted by atomic mass is 9.70. The molecule has 0 spiro atoms. The lowest BCUT2D eigenvalue weighted by Gasteiger charge is -2.37. The van der Waals surface area contributed by atoms with Crippen molar-refractivity contribution in [3.8, 4) is 0 Å². The molecular weight excluding hydrogens is 230 g/mol. The number of rotatable bonds is 5. The van der Waals surface area contributed by atoms with E-state index in [1.807, 2.05) is 0 Å². The molecule has 1 aliphatic carbocycles. The molecule has 1 fully saturated rings. The van der Waals surface area contributed by atoms with Crippen molar-refractivity contribution in [1.29, 1.82) is 0 Å². The first kappa shape index (κ1) is 15.2. The molecule has 0 aromatic carbocycles. The lowest BCUT2D eigenvalue weighted by molar-refractivity contribution is 0.149. The summed E-state index contributed by atoms with van der Waals surface area (Å²) in [6.45, 7) is 9.13. The van der Waals surface area contributed by atoms with Crippen LogP contribution in [-0.4, -0.2) is 29.3 Å². The third kappa shape index (κ3) is 6.01. The van der Waals surface area contributed by atoms with E-state index < -0.39 is 10.8 Å². The molecule has 102 valence electrons. The normalized spacial score (nSPS) is 28.0. The van der Waals surface area contributed by atoms with Gasteiger partial charge in [0.25, 0.3) is 0 Å². The minimum Gasteiger partial charge on any atom is -0.316 e. The summed E-state index contributed by atoms with van der Waals surface area (Å²) in [5.74, 6) is 2.54. The molecule has 2 nitrogen and oxygen atoms in total. The molecule has 0 bridgehead atoms. The maximum atomic E-state index is 10.9. The van der Waals surface area contributed by atoms with Crippen LogP contribution in [0, 0.1) is 17.3 Å². The van der Waals surface area contributed by atoms with E-state index in [9.17, 15) is 4.21 Å². The Kier molecular flexibility index (Phi) is 6.14. The molecule has 0 radical (unpaired) electrons. The van der Waals surface area contributed by atoms with Crippen molar-refractivity contribution in [3.63, 3.8) is 0 Å². The molecular formula is C14H29NOS. The Morgan fingerprint density at radius 2 is 1.76 bits per heavy atom. The molecule has 1 saturated carbocycles. The summed E-state index contributed by atoms with van der Waals surface area (Å²) >= 11 is 0. The van der Waals surface area contributed by atoms with Gasteiger partial charge >= 0.3 is 0 Å². The minimum atomic E-state index is -0.652. The zero-order valence-corrected chi connectivity index (χ0v) is 12.7. The van der Waals surface area contributed by atoms with Crippen LogP contribution >= 0.6 is 0 Å².